The first kappa shape index (κ1) is 19.4. The second-order valence-electron chi connectivity index (χ2n) is 6.16. The van der Waals surface area contributed by atoms with Crippen LogP contribution >= 0.6 is 0 Å². The van der Waals surface area contributed by atoms with Crippen molar-refractivity contribution in [1.82, 2.24) is 5.32 Å². The number of esters is 1. The Kier molecular flexibility index (Phi) is 8.02. The van der Waals surface area contributed by atoms with E-state index < -0.39 is 29.8 Å². The fourth-order valence-corrected chi connectivity index (χ4v) is 1.66. The number of ether oxygens (including phenoxy) is 2. The van der Waals surface area contributed by atoms with Crippen molar-refractivity contribution in [3.05, 3.63) is 12.7 Å². The lowest BCUT2D eigenvalue weighted by Crippen LogP contribution is -2.49. The van der Waals surface area contributed by atoms with Gasteiger partial charge in [-0.3, -0.25) is 4.79 Å². The Labute approximate surface area is 126 Å². The summed E-state index contributed by atoms with van der Waals surface area (Å²) >= 11 is 0. The third-order valence-electron chi connectivity index (χ3n) is 2.55. The smallest absolute Gasteiger partial charge is 0.407 e. The zero-order valence-corrected chi connectivity index (χ0v) is 13.5. The number of rotatable bonds is 7. The minimum absolute atomic E-state index is 0.0697. The standard InChI is InChI=1S/C15H27NO5/c1-7-8-20-12(18)9-11(17)13(10(2)3)16-14(19)21-15(4,5)6/h7,10-11,13,17H,1,8-9H2,2-6H3,(H,16,19)/t11-,13?/m0/s1. The number of carbonyl (C=O) groups excluding carboxylic acids is 2. The number of carbonyl (C=O) groups is 2. The summed E-state index contributed by atoms with van der Waals surface area (Å²) in [5.41, 5.74) is -0.626. The fourth-order valence-electron chi connectivity index (χ4n) is 1.66. The van der Waals surface area contributed by atoms with E-state index in [4.69, 9.17) is 9.47 Å². The summed E-state index contributed by atoms with van der Waals surface area (Å²) in [6, 6.07) is -0.601. The first-order valence-electron chi connectivity index (χ1n) is 7.01. The van der Waals surface area contributed by atoms with Gasteiger partial charge in [-0.25, -0.2) is 4.79 Å². The van der Waals surface area contributed by atoms with Crippen LogP contribution in [0.4, 0.5) is 4.79 Å². The second kappa shape index (κ2) is 8.67. The molecule has 0 radical (unpaired) electrons. The van der Waals surface area contributed by atoms with Crippen molar-refractivity contribution in [3.63, 3.8) is 0 Å². The summed E-state index contributed by atoms with van der Waals surface area (Å²) in [4.78, 5) is 23.2. The fraction of sp³-hybridized carbons (Fsp3) is 0.733. The van der Waals surface area contributed by atoms with Gasteiger partial charge in [-0.05, 0) is 26.7 Å². The maximum absolute atomic E-state index is 11.8. The van der Waals surface area contributed by atoms with Gasteiger partial charge in [0.25, 0.3) is 0 Å². The van der Waals surface area contributed by atoms with Crippen molar-refractivity contribution >= 4 is 12.1 Å². The molecule has 0 aliphatic heterocycles. The summed E-state index contributed by atoms with van der Waals surface area (Å²) in [6.45, 7) is 12.4. The van der Waals surface area contributed by atoms with E-state index in [-0.39, 0.29) is 18.9 Å². The molecular formula is C15H27NO5. The average Bonchev–Trinajstić information content (AvgIpc) is 2.30. The van der Waals surface area contributed by atoms with E-state index in [1.807, 2.05) is 13.8 Å². The van der Waals surface area contributed by atoms with Crippen molar-refractivity contribution in [2.75, 3.05) is 6.61 Å². The van der Waals surface area contributed by atoms with Gasteiger partial charge in [0, 0.05) is 0 Å². The van der Waals surface area contributed by atoms with E-state index in [0.29, 0.717) is 0 Å². The lowest BCUT2D eigenvalue weighted by Gasteiger charge is -2.28. The molecule has 0 fully saturated rings. The minimum Gasteiger partial charge on any atom is -0.461 e. The molecule has 122 valence electrons. The van der Waals surface area contributed by atoms with E-state index in [1.165, 1.54) is 6.08 Å². The Bertz CT molecular complexity index is 360. The Morgan fingerprint density at radius 2 is 1.90 bits per heavy atom. The van der Waals surface area contributed by atoms with Crippen LogP contribution in [0, 0.1) is 5.92 Å². The van der Waals surface area contributed by atoms with Crippen LogP contribution in [0.3, 0.4) is 0 Å². The van der Waals surface area contributed by atoms with Crippen molar-refractivity contribution in [1.29, 1.82) is 0 Å². The molecule has 2 atom stereocenters. The number of aliphatic hydroxyl groups is 1. The number of alkyl carbamates (subject to hydrolysis) is 1. The third-order valence-corrected chi connectivity index (χ3v) is 2.55. The highest BCUT2D eigenvalue weighted by Crippen LogP contribution is 2.13. The molecule has 0 heterocycles. The van der Waals surface area contributed by atoms with E-state index >= 15 is 0 Å². The van der Waals surface area contributed by atoms with Crippen LogP contribution in [-0.2, 0) is 14.3 Å². The summed E-state index contributed by atoms with van der Waals surface area (Å²) in [5.74, 6) is -0.612. The van der Waals surface area contributed by atoms with Crippen LogP contribution in [0.5, 0.6) is 0 Å². The molecule has 21 heavy (non-hydrogen) atoms. The SMILES string of the molecule is C=CCOC(=O)C[C@H](O)C(NC(=O)OC(C)(C)C)C(C)C. The maximum atomic E-state index is 11.8. The summed E-state index contributed by atoms with van der Waals surface area (Å²) in [5, 5.41) is 12.7. The maximum Gasteiger partial charge on any atom is 0.407 e. The third kappa shape index (κ3) is 9.07. The molecule has 0 aliphatic carbocycles. The molecule has 0 saturated heterocycles. The Morgan fingerprint density at radius 3 is 2.33 bits per heavy atom. The van der Waals surface area contributed by atoms with E-state index in [1.54, 1.807) is 20.8 Å². The topological polar surface area (TPSA) is 84.9 Å². The van der Waals surface area contributed by atoms with Crippen LogP contribution in [0.15, 0.2) is 12.7 Å². The van der Waals surface area contributed by atoms with Gasteiger partial charge in [0.1, 0.15) is 12.2 Å². The van der Waals surface area contributed by atoms with Gasteiger partial charge >= 0.3 is 12.1 Å². The molecule has 1 unspecified atom stereocenters. The molecule has 0 aromatic carbocycles. The lowest BCUT2D eigenvalue weighted by atomic mass is 9.96. The van der Waals surface area contributed by atoms with E-state index in [0.717, 1.165) is 0 Å². The molecule has 1 amide bonds. The molecule has 0 aliphatic rings. The highest BCUT2D eigenvalue weighted by molar-refractivity contribution is 5.71. The normalized spacial score (nSPS) is 14.2. The van der Waals surface area contributed by atoms with Crippen LogP contribution in [0.25, 0.3) is 0 Å². The van der Waals surface area contributed by atoms with Crippen LogP contribution in [-0.4, -0.2) is 41.5 Å². The number of aliphatic hydroxyl groups excluding tert-OH is 1. The van der Waals surface area contributed by atoms with E-state index in [2.05, 4.69) is 11.9 Å². The summed E-state index contributed by atoms with van der Waals surface area (Å²) in [6.07, 6.45) is -0.426. The minimum atomic E-state index is -1.05. The first-order valence-corrected chi connectivity index (χ1v) is 7.01. The highest BCUT2D eigenvalue weighted by atomic mass is 16.6. The number of amides is 1. The lowest BCUT2D eigenvalue weighted by molar-refractivity contribution is -0.145. The highest BCUT2D eigenvalue weighted by Gasteiger charge is 2.28. The number of hydrogen-bond donors (Lipinski definition) is 2. The molecule has 6 nitrogen and oxygen atoms in total. The van der Waals surface area contributed by atoms with Gasteiger partial charge in [0.2, 0.25) is 0 Å². The van der Waals surface area contributed by atoms with Crippen molar-refractivity contribution in [2.24, 2.45) is 5.92 Å². The Hall–Kier alpha value is -1.56. The van der Waals surface area contributed by atoms with E-state index in [9.17, 15) is 14.7 Å². The van der Waals surface area contributed by atoms with Gasteiger partial charge in [-0.15, -0.1) is 0 Å². The molecule has 0 aromatic heterocycles. The molecule has 0 spiro atoms. The largest absolute Gasteiger partial charge is 0.461 e. The van der Waals surface area contributed by atoms with Gasteiger partial charge in [0.15, 0.2) is 0 Å². The van der Waals surface area contributed by atoms with Crippen molar-refractivity contribution in [2.45, 2.75) is 58.8 Å². The first-order chi connectivity index (χ1) is 9.56. The van der Waals surface area contributed by atoms with Gasteiger partial charge in [-0.1, -0.05) is 26.5 Å². The molecular weight excluding hydrogens is 274 g/mol. The Morgan fingerprint density at radius 1 is 1.33 bits per heavy atom. The monoisotopic (exact) mass is 301 g/mol. The molecule has 6 heteroatoms. The number of hydrogen-bond acceptors (Lipinski definition) is 5. The van der Waals surface area contributed by atoms with Gasteiger partial charge in [-0.2, -0.15) is 0 Å². The molecule has 0 rings (SSSR count). The Balaban J connectivity index is 4.56. The zero-order valence-electron chi connectivity index (χ0n) is 13.5. The quantitative estimate of drug-likeness (QED) is 0.555. The summed E-state index contributed by atoms with van der Waals surface area (Å²) < 4.78 is 9.96. The zero-order chi connectivity index (χ0) is 16.6. The van der Waals surface area contributed by atoms with Gasteiger partial charge in [0.05, 0.1) is 18.6 Å². The molecule has 0 bridgehead atoms. The van der Waals surface area contributed by atoms with Crippen LogP contribution < -0.4 is 5.32 Å². The number of nitrogens with one attached hydrogen (secondary N) is 1. The molecule has 0 aromatic rings. The predicted octanol–water partition coefficient (Wildman–Crippen LogP) is 2.02. The predicted molar refractivity (Wildman–Crippen MR) is 79.8 cm³/mol. The average molecular weight is 301 g/mol. The van der Waals surface area contributed by atoms with Crippen molar-refractivity contribution in [3.8, 4) is 0 Å². The van der Waals surface area contributed by atoms with Crippen molar-refractivity contribution < 1.29 is 24.2 Å². The van der Waals surface area contributed by atoms with Gasteiger partial charge < -0.3 is 19.9 Å². The summed E-state index contributed by atoms with van der Waals surface area (Å²) in [7, 11) is 0. The molecule has 0 saturated carbocycles. The van der Waals surface area contributed by atoms with Crippen LogP contribution in [0.2, 0.25) is 0 Å². The second-order valence-corrected chi connectivity index (χ2v) is 6.16. The molecule has 2 N–H and O–H groups in total. The van der Waals surface area contributed by atoms with Crippen LogP contribution in [0.1, 0.15) is 41.0 Å².